The zero-order chi connectivity index (χ0) is 17.2. The third-order valence-corrected chi connectivity index (χ3v) is 3.80. The van der Waals surface area contributed by atoms with Crippen LogP contribution < -0.4 is 0 Å². The number of hydrogen-bond donors (Lipinski definition) is 0. The van der Waals surface area contributed by atoms with E-state index in [1.54, 1.807) is 24.3 Å². The van der Waals surface area contributed by atoms with Crippen LogP contribution in [-0.2, 0) is 4.74 Å². The maximum Gasteiger partial charge on any atom is 0.364 e. The molecule has 4 aromatic rings. The van der Waals surface area contributed by atoms with Crippen molar-refractivity contribution in [1.29, 1.82) is 0 Å². The highest BCUT2D eigenvalue weighted by Crippen LogP contribution is 2.15. The first-order valence-electron chi connectivity index (χ1n) is 7.69. The molecule has 0 saturated heterocycles. The van der Waals surface area contributed by atoms with Crippen molar-refractivity contribution in [3.63, 3.8) is 0 Å². The zero-order valence-corrected chi connectivity index (χ0v) is 13.0. The summed E-state index contributed by atoms with van der Waals surface area (Å²) in [6.07, 6.45) is 0. The highest BCUT2D eigenvalue weighted by atomic mass is 16.6. The Labute approximate surface area is 142 Å². The molecular formula is C20H12N2O3. The molecule has 0 aliphatic heterocycles. The van der Waals surface area contributed by atoms with E-state index in [4.69, 9.17) is 4.74 Å². The van der Waals surface area contributed by atoms with Crippen molar-refractivity contribution in [3.8, 4) is 0 Å². The van der Waals surface area contributed by atoms with Gasteiger partial charge in [-0.2, -0.15) is 0 Å². The van der Waals surface area contributed by atoms with Gasteiger partial charge >= 0.3 is 11.9 Å². The Morgan fingerprint density at radius 2 is 1.04 bits per heavy atom. The molecule has 2 aromatic heterocycles. The number of esters is 2. The van der Waals surface area contributed by atoms with Gasteiger partial charge in [-0.05, 0) is 24.3 Å². The Hall–Kier alpha value is -3.60. The molecule has 0 unspecified atom stereocenters. The van der Waals surface area contributed by atoms with Crippen LogP contribution in [0.2, 0.25) is 0 Å². The fourth-order valence-electron chi connectivity index (χ4n) is 2.55. The molecule has 2 aromatic carbocycles. The van der Waals surface area contributed by atoms with Gasteiger partial charge in [0.25, 0.3) is 0 Å². The summed E-state index contributed by atoms with van der Waals surface area (Å²) in [7, 11) is 0. The van der Waals surface area contributed by atoms with Crippen molar-refractivity contribution < 1.29 is 14.3 Å². The molecule has 25 heavy (non-hydrogen) atoms. The lowest BCUT2D eigenvalue weighted by molar-refractivity contribution is 0.0390. The average Bonchev–Trinajstić information content (AvgIpc) is 2.67. The van der Waals surface area contributed by atoms with Crippen LogP contribution in [0, 0.1) is 0 Å². The lowest BCUT2D eigenvalue weighted by atomic mass is 10.2. The van der Waals surface area contributed by atoms with E-state index in [1.165, 1.54) is 12.1 Å². The van der Waals surface area contributed by atoms with Gasteiger partial charge in [0.2, 0.25) is 0 Å². The maximum atomic E-state index is 12.2. The molecule has 0 atom stereocenters. The minimum absolute atomic E-state index is 0.0767. The van der Waals surface area contributed by atoms with Crippen LogP contribution in [0.5, 0.6) is 0 Å². The third-order valence-electron chi connectivity index (χ3n) is 3.80. The summed E-state index contributed by atoms with van der Waals surface area (Å²) in [6.45, 7) is 0. The number of carbonyl (C=O) groups excluding carboxylic acids is 2. The first-order chi connectivity index (χ1) is 12.2. The highest BCUT2D eigenvalue weighted by molar-refractivity contribution is 6.02. The third kappa shape index (κ3) is 2.95. The predicted octanol–water partition coefficient (Wildman–Crippen LogP) is 3.78. The number of hydrogen-bond acceptors (Lipinski definition) is 5. The van der Waals surface area contributed by atoms with Crippen molar-refractivity contribution in [2.24, 2.45) is 0 Å². The van der Waals surface area contributed by atoms with E-state index in [0.717, 1.165) is 10.8 Å². The normalized spacial score (nSPS) is 10.7. The number of rotatable bonds is 2. The molecule has 0 spiro atoms. The molecule has 5 nitrogen and oxygen atoms in total. The van der Waals surface area contributed by atoms with Crippen LogP contribution in [0.15, 0.2) is 72.8 Å². The molecule has 0 N–H and O–H groups in total. The Morgan fingerprint density at radius 1 is 0.600 bits per heavy atom. The second kappa shape index (κ2) is 6.13. The first-order valence-corrected chi connectivity index (χ1v) is 7.69. The van der Waals surface area contributed by atoms with E-state index in [1.807, 2.05) is 36.4 Å². The average molecular weight is 328 g/mol. The van der Waals surface area contributed by atoms with Gasteiger partial charge in [-0.1, -0.05) is 48.5 Å². The van der Waals surface area contributed by atoms with Crippen molar-refractivity contribution in [3.05, 3.63) is 84.2 Å². The van der Waals surface area contributed by atoms with Crippen LogP contribution in [0.3, 0.4) is 0 Å². The smallest absolute Gasteiger partial charge is 0.364 e. The van der Waals surface area contributed by atoms with E-state index in [-0.39, 0.29) is 11.4 Å². The first kappa shape index (κ1) is 15.0. The fourth-order valence-corrected chi connectivity index (χ4v) is 2.55. The SMILES string of the molecule is O=C(OC(=O)c1ccc2ccccc2n1)c1ccc2ccccc2n1. The summed E-state index contributed by atoms with van der Waals surface area (Å²) in [6, 6.07) is 21.4. The molecule has 5 heteroatoms. The molecule has 120 valence electrons. The van der Waals surface area contributed by atoms with Crippen molar-refractivity contribution in [1.82, 2.24) is 9.97 Å². The number of pyridine rings is 2. The van der Waals surface area contributed by atoms with E-state index in [2.05, 4.69) is 9.97 Å². The number of ether oxygens (including phenoxy) is 1. The molecule has 0 aliphatic carbocycles. The zero-order valence-electron chi connectivity index (χ0n) is 13.0. The van der Waals surface area contributed by atoms with Crippen molar-refractivity contribution >= 4 is 33.7 Å². The largest absolute Gasteiger partial charge is 0.383 e. The standard InChI is InChI=1S/C20H12N2O3/c23-19(17-11-9-13-5-1-3-7-15(13)21-17)25-20(24)18-12-10-14-6-2-4-8-16(14)22-18/h1-12H. The number of para-hydroxylation sites is 2. The van der Waals surface area contributed by atoms with Gasteiger partial charge < -0.3 is 4.74 Å². The van der Waals surface area contributed by atoms with Gasteiger partial charge in [0.05, 0.1) is 11.0 Å². The summed E-state index contributed by atoms with van der Waals surface area (Å²) in [5.74, 6) is -1.60. The molecule has 0 fully saturated rings. The number of carbonyl (C=O) groups is 2. The summed E-state index contributed by atoms with van der Waals surface area (Å²) in [5.41, 5.74) is 1.47. The van der Waals surface area contributed by atoms with Gasteiger partial charge in [-0.3, -0.25) is 0 Å². The van der Waals surface area contributed by atoms with Crippen LogP contribution in [-0.4, -0.2) is 21.9 Å². The van der Waals surface area contributed by atoms with Gasteiger partial charge in [0.1, 0.15) is 11.4 Å². The molecule has 0 radical (unpaired) electrons. The lowest BCUT2D eigenvalue weighted by Crippen LogP contribution is -2.15. The van der Waals surface area contributed by atoms with Gasteiger partial charge in [-0.25, -0.2) is 19.6 Å². The van der Waals surface area contributed by atoms with E-state index in [9.17, 15) is 9.59 Å². The van der Waals surface area contributed by atoms with Crippen LogP contribution in [0.1, 0.15) is 21.0 Å². The van der Waals surface area contributed by atoms with Gasteiger partial charge in [-0.15, -0.1) is 0 Å². The lowest BCUT2D eigenvalue weighted by Gasteiger charge is -2.04. The van der Waals surface area contributed by atoms with Gasteiger partial charge in [0, 0.05) is 10.8 Å². The molecule has 0 amide bonds. The molecule has 0 bridgehead atoms. The molecule has 0 aliphatic rings. The summed E-state index contributed by atoms with van der Waals surface area (Å²) < 4.78 is 4.92. The topological polar surface area (TPSA) is 69.2 Å². The Kier molecular flexibility index (Phi) is 3.67. The summed E-state index contributed by atoms with van der Waals surface area (Å²) >= 11 is 0. The minimum Gasteiger partial charge on any atom is -0.383 e. The second-order valence-corrected chi connectivity index (χ2v) is 5.46. The predicted molar refractivity (Wildman–Crippen MR) is 93.2 cm³/mol. The number of nitrogens with zero attached hydrogens (tertiary/aromatic N) is 2. The van der Waals surface area contributed by atoms with Crippen molar-refractivity contribution in [2.45, 2.75) is 0 Å². The van der Waals surface area contributed by atoms with Crippen LogP contribution >= 0.6 is 0 Å². The quantitative estimate of drug-likeness (QED) is 0.414. The molecular weight excluding hydrogens is 316 g/mol. The molecule has 4 rings (SSSR count). The van der Waals surface area contributed by atoms with E-state index < -0.39 is 11.9 Å². The van der Waals surface area contributed by atoms with Crippen LogP contribution in [0.25, 0.3) is 21.8 Å². The minimum atomic E-state index is -0.800. The molecule has 2 heterocycles. The monoisotopic (exact) mass is 328 g/mol. The summed E-state index contributed by atoms with van der Waals surface area (Å²) in [5, 5.41) is 1.81. The number of benzene rings is 2. The number of fused-ring (bicyclic) bond motifs is 2. The highest BCUT2D eigenvalue weighted by Gasteiger charge is 2.17. The number of aromatic nitrogens is 2. The van der Waals surface area contributed by atoms with E-state index in [0.29, 0.717) is 11.0 Å². The summed E-state index contributed by atoms with van der Waals surface area (Å²) in [4.78, 5) is 32.9. The molecule has 0 saturated carbocycles. The van der Waals surface area contributed by atoms with E-state index >= 15 is 0 Å². The van der Waals surface area contributed by atoms with Gasteiger partial charge in [0.15, 0.2) is 0 Å². The Morgan fingerprint density at radius 3 is 1.52 bits per heavy atom. The Balaban J connectivity index is 1.58. The second-order valence-electron chi connectivity index (χ2n) is 5.46. The Bertz CT molecular complexity index is 1030. The van der Waals surface area contributed by atoms with Crippen molar-refractivity contribution in [2.75, 3.05) is 0 Å². The van der Waals surface area contributed by atoms with Crippen LogP contribution in [0.4, 0.5) is 0 Å². The fraction of sp³-hybridized carbons (Fsp3) is 0. The maximum absolute atomic E-state index is 12.2.